The van der Waals surface area contributed by atoms with Crippen molar-refractivity contribution in [2.75, 3.05) is 5.75 Å². The fourth-order valence-electron chi connectivity index (χ4n) is 2.36. The van der Waals surface area contributed by atoms with Crippen LogP contribution in [0.3, 0.4) is 0 Å². The van der Waals surface area contributed by atoms with Gasteiger partial charge < -0.3 is 0 Å². The summed E-state index contributed by atoms with van der Waals surface area (Å²) in [6.07, 6.45) is 3.47. The molecule has 7 heteroatoms. The summed E-state index contributed by atoms with van der Waals surface area (Å²) in [5, 5.41) is 13.4. The molecule has 6 nitrogen and oxygen atoms in total. The summed E-state index contributed by atoms with van der Waals surface area (Å²) in [7, 11) is 0. The molecule has 0 N–H and O–H groups in total. The Labute approximate surface area is 147 Å². The molecule has 0 saturated heterocycles. The van der Waals surface area contributed by atoms with Gasteiger partial charge in [-0.1, -0.05) is 42.1 Å². The molecule has 0 radical (unpaired) electrons. The molecule has 0 aliphatic rings. The largest absolute Gasteiger partial charge is 0.293 e. The lowest BCUT2D eigenvalue weighted by Crippen LogP contribution is -2.03. The van der Waals surface area contributed by atoms with Crippen LogP contribution < -0.4 is 0 Å². The van der Waals surface area contributed by atoms with E-state index in [4.69, 9.17) is 0 Å². The Balaban J connectivity index is 1.59. The van der Waals surface area contributed by atoms with Crippen LogP contribution in [0.5, 0.6) is 0 Å². The van der Waals surface area contributed by atoms with Crippen molar-refractivity contribution in [3.63, 3.8) is 0 Å². The minimum absolute atomic E-state index is 0.0470. The average molecular weight is 347 g/mol. The van der Waals surface area contributed by atoms with E-state index in [2.05, 4.69) is 20.3 Å². The zero-order valence-electron chi connectivity index (χ0n) is 13.1. The van der Waals surface area contributed by atoms with Crippen LogP contribution in [0.15, 0.2) is 72.1 Å². The second-order valence-electron chi connectivity index (χ2n) is 5.29. The summed E-state index contributed by atoms with van der Waals surface area (Å²) in [6.45, 7) is 0. The van der Waals surface area contributed by atoms with Crippen molar-refractivity contribution in [3.8, 4) is 11.3 Å². The number of carbonyl (C=O) groups is 1. The van der Waals surface area contributed by atoms with Gasteiger partial charge in [0.2, 0.25) is 5.16 Å². The molecule has 1 aromatic carbocycles. The molecule has 0 unspecified atom stereocenters. The molecular weight excluding hydrogens is 334 g/mol. The standard InChI is InChI=1S/C18H13N5OS/c24-16(13-5-2-1-3-6-13)12-25-18-21-20-17-9-8-15(22-23(17)18)14-7-4-10-19-11-14/h1-11H,12H2. The first-order chi connectivity index (χ1) is 12.3. The van der Waals surface area contributed by atoms with Gasteiger partial charge in [-0.3, -0.25) is 9.78 Å². The highest BCUT2D eigenvalue weighted by molar-refractivity contribution is 7.99. The normalized spacial score (nSPS) is 10.9. The first-order valence-corrected chi connectivity index (χ1v) is 8.64. The van der Waals surface area contributed by atoms with Crippen molar-refractivity contribution in [3.05, 3.63) is 72.6 Å². The summed E-state index contributed by atoms with van der Waals surface area (Å²) in [6, 6.07) is 16.8. The van der Waals surface area contributed by atoms with Gasteiger partial charge in [0.25, 0.3) is 0 Å². The summed E-state index contributed by atoms with van der Waals surface area (Å²) in [5.74, 6) is 0.328. The lowest BCUT2D eigenvalue weighted by molar-refractivity contribution is 0.102. The number of thioether (sulfide) groups is 1. The monoisotopic (exact) mass is 347 g/mol. The smallest absolute Gasteiger partial charge is 0.212 e. The van der Waals surface area contributed by atoms with Gasteiger partial charge in [-0.2, -0.15) is 9.61 Å². The first kappa shape index (κ1) is 15.5. The van der Waals surface area contributed by atoms with Crippen molar-refractivity contribution < 1.29 is 4.79 Å². The van der Waals surface area contributed by atoms with Crippen molar-refractivity contribution in [1.29, 1.82) is 0 Å². The number of benzene rings is 1. The molecule has 3 aromatic heterocycles. The number of nitrogens with zero attached hydrogens (tertiary/aromatic N) is 5. The van der Waals surface area contributed by atoms with Crippen LogP contribution in [0.1, 0.15) is 10.4 Å². The third-order valence-electron chi connectivity index (χ3n) is 3.62. The lowest BCUT2D eigenvalue weighted by atomic mass is 10.2. The number of aromatic nitrogens is 5. The van der Waals surface area contributed by atoms with Crippen LogP contribution in [0.25, 0.3) is 16.9 Å². The van der Waals surface area contributed by atoms with Crippen molar-refractivity contribution >= 4 is 23.2 Å². The number of pyridine rings is 1. The van der Waals surface area contributed by atoms with E-state index in [1.807, 2.05) is 54.6 Å². The predicted octanol–water partition coefficient (Wildman–Crippen LogP) is 3.16. The van der Waals surface area contributed by atoms with Crippen LogP contribution in [-0.4, -0.2) is 36.3 Å². The number of hydrogen-bond acceptors (Lipinski definition) is 6. The molecule has 25 heavy (non-hydrogen) atoms. The molecular formula is C18H13N5OS. The molecule has 0 saturated carbocycles. The van der Waals surface area contributed by atoms with E-state index in [1.54, 1.807) is 16.9 Å². The van der Waals surface area contributed by atoms with E-state index in [1.165, 1.54) is 11.8 Å². The highest BCUT2D eigenvalue weighted by atomic mass is 32.2. The van der Waals surface area contributed by atoms with Crippen LogP contribution in [-0.2, 0) is 0 Å². The van der Waals surface area contributed by atoms with E-state index >= 15 is 0 Å². The van der Waals surface area contributed by atoms with E-state index in [-0.39, 0.29) is 11.5 Å². The van der Waals surface area contributed by atoms with Gasteiger partial charge in [0, 0.05) is 23.5 Å². The number of rotatable bonds is 5. The fraction of sp³-hybridized carbons (Fsp3) is 0.0556. The highest BCUT2D eigenvalue weighted by Crippen LogP contribution is 2.20. The van der Waals surface area contributed by atoms with E-state index in [9.17, 15) is 4.79 Å². The molecule has 0 bridgehead atoms. The van der Waals surface area contributed by atoms with Crippen molar-refractivity contribution in [1.82, 2.24) is 24.8 Å². The average Bonchev–Trinajstić information content (AvgIpc) is 3.10. The van der Waals surface area contributed by atoms with Gasteiger partial charge in [-0.05, 0) is 24.3 Å². The maximum absolute atomic E-state index is 12.3. The van der Waals surface area contributed by atoms with Crippen LogP contribution in [0.4, 0.5) is 0 Å². The predicted molar refractivity (Wildman–Crippen MR) is 95.5 cm³/mol. The quantitative estimate of drug-likeness (QED) is 0.408. The van der Waals surface area contributed by atoms with Crippen LogP contribution in [0, 0.1) is 0 Å². The van der Waals surface area contributed by atoms with E-state index in [0.717, 1.165) is 11.3 Å². The minimum atomic E-state index is 0.0470. The summed E-state index contributed by atoms with van der Waals surface area (Å²) in [4.78, 5) is 16.4. The summed E-state index contributed by atoms with van der Waals surface area (Å²) in [5.41, 5.74) is 3.01. The molecule has 0 spiro atoms. The number of carbonyl (C=O) groups excluding carboxylic acids is 1. The third kappa shape index (κ3) is 3.27. The third-order valence-corrected chi connectivity index (χ3v) is 4.54. The molecule has 4 aromatic rings. The maximum atomic E-state index is 12.3. The first-order valence-electron chi connectivity index (χ1n) is 7.65. The van der Waals surface area contributed by atoms with Gasteiger partial charge in [-0.25, -0.2) is 0 Å². The minimum Gasteiger partial charge on any atom is -0.293 e. The number of fused-ring (bicyclic) bond motifs is 1. The SMILES string of the molecule is O=C(CSc1nnc2ccc(-c3cccnc3)nn12)c1ccccc1. The van der Waals surface area contributed by atoms with Gasteiger partial charge in [0.1, 0.15) is 0 Å². The zero-order valence-corrected chi connectivity index (χ0v) is 13.9. The Morgan fingerprint density at radius 3 is 2.68 bits per heavy atom. The highest BCUT2D eigenvalue weighted by Gasteiger charge is 2.12. The molecule has 0 aliphatic carbocycles. The van der Waals surface area contributed by atoms with E-state index in [0.29, 0.717) is 16.4 Å². The second kappa shape index (κ2) is 6.82. The Morgan fingerprint density at radius 1 is 1.00 bits per heavy atom. The Morgan fingerprint density at radius 2 is 1.88 bits per heavy atom. The summed E-state index contributed by atoms with van der Waals surface area (Å²) >= 11 is 1.33. The maximum Gasteiger partial charge on any atom is 0.212 e. The van der Waals surface area contributed by atoms with Gasteiger partial charge >= 0.3 is 0 Å². The van der Waals surface area contributed by atoms with Gasteiger partial charge in [0.05, 0.1) is 11.4 Å². The molecule has 0 atom stereocenters. The molecule has 4 rings (SSSR count). The molecule has 0 aliphatic heterocycles. The number of hydrogen-bond donors (Lipinski definition) is 0. The van der Waals surface area contributed by atoms with Crippen LogP contribution >= 0.6 is 11.8 Å². The Bertz CT molecular complexity index is 1020. The fourth-order valence-corrected chi connectivity index (χ4v) is 3.15. The molecule has 3 heterocycles. The zero-order chi connectivity index (χ0) is 17.1. The Kier molecular flexibility index (Phi) is 4.22. The van der Waals surface area contributed by atoms with Crippen LogP contribution in [0.2, 0.25) is 0 Å². The lowest BCUT2D eigenvalue weighted by Gasteiger charge is -2.03. The molecule has 0 amide bonds. The summed E-state index contributed by atoms with van der Waals surface area (Å²) < 4.78 is 1.66. The topological polar surface area (TPSA) is 73.0 Å². The van der Waals surface area contributed by atoms with E-state index < -0.39 is 0 Å². The van der Waals surface area contributed by atoms with Gasteiger partial charge in [0.15, 0.2) is 11.4 Å². The number of Topliss-reactive ketones (excluding diaryl/α,β-unsaturated/α-hetero) is 1. The van der Waals surface area contributed by atoms with Gasteiger partial charge in [-0.15, -0.1) is 10.2 Å². The molecule has 122 valence electrons. The van der Waals surface area contributed by atoms with Crippen molar-refractivity contribution in [2.24, 2.45) is 0 Å². The second-order valence-corrected chi connectivity index (χ2v) is 6.23. The Hall–Kier alpha value is -3.06. The van der Waals surface area contributed by atoms with Crippen molar-refractivity contribution in [2.45, 2.75) is 5.16 Å². The number of ketones is 1. The molecule has 0 fully saturated rings.